The summed E-state index contributed by atoms with van der Waals surface area (Å²) >= 11 is 0. The maximum Gasteiger partial charge on any atom is 0.420 e. The Morgan fingerprint density at radius 3 is 2.84 bits per heavy atom. The third kappa shape index (κ3) is 2.41. The van der Waals surface area contributed by atoms with Crippen molar-refractivity contribution in [3.8, 4) is 0 Å². The first-order chi connectivity index (χ1) is 9.24. The number of aromatic nitrogens is 1. The Kier molecular flexibility index (Phi) is 3.11. The number of oxazole rings is 1. The van der Waals surface area contributed by atoms with Gasteiger partial charge in [-0.15, -0.1) is 0 Å². The van der Waals surface area contributed by atoms with E-state index in [1.807, 2.05) is 6.07 Å². The molecular weight excluding hydrogens is 244 g/mol. The Morgan fingerprint density at radius 2 is 2.05 bits per heavy atom. The molecule has 1 amide bonds. The highest BCUT2D eigenvalue weighted by molar-refractivity contribution is 5.79. The first kappa shape index (κ1) is 12.0. The van der Waals surface area contributed by atoms with Crippen LogP contribution in [0.2, 0.25) is 0 Å². The molecule has 0 saturated heterocycles. The van der Waals surface area contributed by atoms with Crippen molar-refractivity contribution in [1.82, 2.24) is 9.88 Å². The van der Waals surface area contributed by atoms with Crippen molar-refractivity contribution in [2.75, 3.05) is 0 Å². The minimum absolute atomic E-state index is 0.0202. The average molecular weight is 260 g/mol. The van der Waals surface area contributed by atoms with Crippen LogP contribution in [0, 0.1) is 0 Å². The van der Waals surface area contributed by atoms with Crippen LogP contribution in [0.25, 0.3) is 11.1 Å². The molecule has 100 valence electrons. The number of amides is 1. The van der Waals surface area contributed by atoms with E-state index in [0.717, 1.165) is 12.8 Å². The number of nitrogens with one attached hydrogen (secondary N) is 1. The normalized spacial score (nSPS) is 16.0. The summed E-state index contributed by atoms with van der Waals surface area (Å²) in [6.45, 7) is 0.0202. The number of para-hydroxylation sites is 2. The number of nitrogens with zero attached hydrogens (tertiary/aromatic N) is 1. The van der Waals surface area contributed by atoms with E-state index < -0.39 is 5.76 Å². The van der Waals surface area contributed by atoms with Gasteiger partial charge in [0.25, 0.3) is 0 Å². The van der Waals surface area contributed by atoms with Gasteiger partial charge in [0, 0.05) is 6.04 Å². The molecule has 1 aliphatic rings. The van der Waals surface area contributed by atoms with Gasteiger partial charge in [0.05, 0.1) is 5.52 Å². The summed E-state index contributed by atoms with van der Waals surface area (Å²) in [6, 6.07) is 7.39. The molecule has 1 aromatic heterocycles. The molecule has 3 rings (SSSR count). The quantitative estimate of drug-likeness (QED) is 0.912. The minimum Gasteiger partial charge on any atom is -0.408 e. The Bertz CT molecular complexity index is 650. The van der Waals surface area contributed by atoms with Crippen molar-refractivity contribution in [2.24, 2.45) is 0 Å². The maximum absolute atomic E-state index is 11.9. The molecule has 1 N–H and O–H groups in total. The monoisotopic (exact) mass is 260 g/mol. The predicted molar refractivity (Wildman–Crippen MR) is 70.9 cm³/mol. The number of rotatable bonds is 3. The zero-order valence-corrected chi connectivity index (χ0v) is 10.6. The highest BCUT2D eigenvalue weighted by atomic mass is 16.4. The average Bonchev–Trinajstić information content (AvgIpc) is 2.99. The number of carbonyl (C=O) groups is 1. The smallest absolute Gasteiger partial charge is 0.408 e. The van der Waals surface area contributed by atoms with E-state index in [4.69, 9.17) is 4.42 Å². The van der Waals surface area contributed by atoms with Gasteiger partial charge in [-0.3, -0.25) is 9.36 Å². The molecule has 1 aliphatic carbocycles. The number of hydrogen-bond donors (Lipinski definition) is 1. The summed E-state index contributed by atoms with van der Waals surface area (Å²) < 4.78 is 6.47. The van der Waals surface area contributed by atoms with Gasteiger partial charge >= 0.3 is 5.76 Å². The lowest BCUT2D eigenvalue weighted by molar-refractivity contribution is -0.122. The van der Waals surface area contributed by atoms with E-state index in [9.17, 15) is 9.59 Å². The summed E-state index contributed by atoms with van der Waals surface area (Å²) in [6.07, 6.45) is 4.40. The molecular formula is C14H16N2O3. The van der Waals surface area contributed by atoms with Crippen molar-refractivity contribution < 1.29 is 9.21 Å². The van der Waals surface area contributed by atoms with Gasteiger partial charge in [0.2, 0.25) is 5.91 Å². The SMILES string of the molecule is O=C(Cn1c(=O)oc2ccccc21)NC1CCCC1. The number of hydrogen-bond acceptors (Lipinski definition) is 3. The minimum atomic E-state index is -0.484. The van der Waals surface area contributed by atoms with Crippen molar-refractivity contribution >= 4 is 17.0 Å². The molecule has 0 radical (unpaired) electrons. The van der Waals surface area contributed by atoms with Gasteiger partial charge in [-0.25, -0.2) is 4.79 Å². The highest BCUT2D eigenvalue weighted by Crippen LogP contribution is 2.17. The summed E-state index contributed by atoms with van der Waals surface area (Å²) in [4.78, 5) is 23.7. The lowest BCUT2D eigenvalue weighted by Crippen LogP contribution is -2.36. The largest absolute Gasteiger partial charge is 0.420 e. The molecule has 1 heterocycles. The predicted octanol–water partition coefficient (Wildman–Crippen LogP) is 1.65. The van der Waals surface area contributed by atoms with E-state index in [0.29, 0.717) is 11.1 Å². The molecule has 5 nitrogen and oxygen atoms in total. The van der Waals surface area contributed by atoms with Crippen LogP contribution in [0.3, 0.4) is 0 Å². The van der Waals surface area contributed by atoms with E-state index in [-0.39, 0.29) is 18.5 Å². The molecule has 0 spiro atoms. The highest BCUT2D eigenvalue weighted by Gasteiger charge is 2.18. The zero-order chi connectivity index (χ0) is 13.2. The fourth-order valence-corrected chi connectivity index (χ4v) is 2.65. The second-order valence-electron chi connectivity index (χ2n) is 4.97. The van der Waals surface area contributed by atoms with Crippen LogP contribution in [-0.2, 0) is 11.3 Å². The van der Waals surface area contributed by atoms with Crippen molar-refractivity contribution in [1.29, 1.82) is 0 Å². The van der Waals surface area contributed by atoms with Crippen LogP contribution in [0.5, 0.6) is 0 Å². The van der Waals surface area contributed by atoms with Crippen LogP contribution >= 0.6 is 0 Å². The van der Waals surface area contributed by atoms with Crippen LogP contribution in [0.1, 0.15) is 25.7 Å². The topological polar surface area (TPSA) is 64.2 Å². The van der Waals surface area contributed by atoms with Gasteiger partial charge in [-0.2, -0.15) is 0 Å². The van der Waals surface area contributed by atoms with E-state index in [1.54, 1.807) is 18.2 Å². The van der Waals surface area contributed by atoms with Crippen LogP contribution in [0.15, 0.2) is 33.5 Å². The summed E-state index contributed by atoms with van der Waals surface area (Å²) in [7, 11) is 0. The maximum atomic E-state index is 11.9. The molecule has 1 saturated carbocycles. The zero-order valence-electron chi connectivity index (χ0n) is 10.6. The summed E-state index contributed by atoms with van der Waals surface area (Å²) in [5, 5.41) is 2.97. The van der Waals surface area contributed by atoms with Gasteiger partial charge < -0.3 is 9.73 Å². The van der Waals surface area contributed by atoms with Crippen molar-refractivity contribution in [3.63, 3.8) is 0 Å². The first-order valence-electron chi connectivity index (χ1n) is 6.62. The molecule has 5 heteroatoms. The molecule has 1 aromatic carbocycles. The van der Waals surface area contributed by atoms with Gasteiger partial charge in [-0.1, -0.05) is 25.0 Å². The van der Waals surface area contributed by atoms with Crippen LogP contribution < -0.4 is 11.1 Å². The first-order valence-corrected chi connectivity index (χ1v) is 6.62. The second kappa shape index (κ2) is 4.91. The van der Waals surface area contributed by atoms with Crippen LogP contribution in [-0.4, -0.2) is 16.5 Å². The molecule has 0 atom stereocenters. The number of benzene rings is 1. The molecule has 1 fully saturated rings. The lowest BCUT2D eigenvalue weighted by Gasteiger charge is -2.11. The molecule has 19 heavy (non-hydrogen) atoms. The van der Waals surface area contributed by atoms with E-state index >= 15 is 0 Å². The van der Waals surface area contributed by atoms with Crippen molar-refractivity contribution in [3.05, 3.63) is 34.8 Å². The third-order valence-corrected chi connectivity index (χ3v) is 3.60. The van der Waals surface area contributed by atoms with Gasteiger partial charge in [-0.05, 0) is 25.0 Å². The fraction of sp³-hybridized carbons (Fsp3) is 0.429. The lowest BCUT2D eigenvalue weighted by atomic mass is 10.2. The Balaban J connectivity index is 1.79. The van der Waals surface area contributed by atoms with E-state index in [2.05, 4.69) is 5.32 Å². The summed E-state index contributed by atoms with van der Waals surface area (Å²) in [5.41, 5.74) is 1.18. The molecule has 2 aromatic rings. The van der Waals surface area contributed by atoms with Crippen LogP contribution in [0.4, 0.5) is 0 Å². The summed E-state index contributed by atoms with van der Waals surface area (Å²) in [5.74, 6) is -0.608. The third-order valence-electron chi connectivity index (χ3n) is 3.60. The van der Waals surface area contributed by atoms with E-state index in [1.165, 1.54) is 17.4 Å². The number of fused-ring (bicyclic) bond motifs is 1. The van der Waals surface area contributed by atoms with Gasteiger partial charge in [0.15, 0.2) is 5.58 Å². The second-order valence-corrected chi connectivity index (χ2v) is 4.97. The number of carbonyl (C=O) groups excluding carboxylic acids is 1. The fourth-order valence-electron chi connectivity index (χ4n) is 2.65. The van der Waals surface area contributed by atoms with Gasteiger partial charge in [0.1, 0.15) is 6.54 Å². The Hall–Kier alpha value is -2.04. The Morgan fingerprint density at radius 1 is 1.32 bits per heavy atom. The molecule has 0 bridgehead atoms. The Labute approximate surface area is 110 Å². The van der Waals surface area contributed by atoms with Crippen molar-refractivity contribution in [2.45, 2.75) is 38.3 Å². The standard InChI is InChI=1S/C14H16N2O3/c17-13(15-10-5-1-2-6-10)9-16-11-7-3-4-8-12(11)19-14(16)18/h3-4,7-8,10H,1-2,5-6,9H2,(H,15,17). The molecule has 0 aliphatic heterocycles. The molecule has 0 unspecified atom stereocenters.